The molecule has 0 saturated heterocycles. The van der Waals surface area contributed by atoms with Gasteiger partial charge in [0.1, 0.15) is 17.0 Å². The number of benzene rings is 1. The van der Waals surface area contributed by atoms with Crippen molar-refractivity contribution in [1.82, 2.24) is 29.7 Å². The third-order valence-corrected chi connectivity index (χ3v) is 4.81. The number of aryl methyl sites for hydroxylation is 1. The Labute approximate surface area is 176 Å². The van der Waals surface area contributed by atoms with E-state index in [0.29, 0.717) is 17.9 Å². The van der Waals surface area contributed by atoms with Crippen LogP contribution in [0.1, 0.15) is 35.0 Å². The lowest BCUT2D eigenvalue weighted by Gasteiger charge is -2.11. The minimum Gasteiger partial charge on any atom is -0.496 e. The van der Waals surface area contributed by atoms with Gasteiger partial charge in [-0.1, -0.05) is 12.1 Å². The first-order chi connectivity index (χ1) is 15.0. The second kappa shape index (κ2) is 8.50. The van der Waals surface area contributed by atoms with Crippen molar-refractivity contribution in [3.63, 3.8) is 0 Å². The molecule has 0 saturated carbocycles. The molecule has 0 spiro atoms. The van der Waals surface area contributed by atoms with Crippen LogP contribution in [0.4, 0.5) is 8.78 Å². The van der Waals surface area contributed by atoms with E-state index in [2.05, 4.69) is 20.5 Å². The van der Waals surface area contributed by atoms with Crippen molar-refractivity contribution in [1.29, 1.82) is 0 Å². The average molecular weight is 426 g/mol. The number of aromatic nitrogens is 5. The zero-order valence-electron chi connectivity index (χ0n) is 16.9. The summed E-state index contributed by atoms with van der Waals surface area (Å²) in [7, 11) is 1.49. The lowest BCUT2D eigenvalue weighted by molar-refractivity contribution is 0.0952. The summed E-state index contributed by atoms with van der Waals surface area (Å²) in [5, 5.41) is 10.9. The van der Waals surface area contributed by atoms with Crippen molar-refractivity contribution in [3.05, 3.63) is 65.7 Å². The fourth-order valence-corrected chi connectivity index (χ4v) is 3.24. The predicted molar refractivity (Wildman–Crippen MR) is 109 cm³/mol. The summed E-state index contributed by atoms with van der Waals surface area (Å²) in [4.78, 5) is 17.2. The lowest BCUT2D eigenvalue weighted by atomic mass is 10.1. The highest BCUT2D eigenvalue weighted by Gasteiger charge is 2.22. The highest BCUT2D eigenvalue weighted by molar-refractivity contribution is 5.99. The molecule has 1 N–H and O–H groups in total. The van der Waals surface area contributed by atoms with Gasteiger partial charge >= 0.3 is 0 Å². The van der Waals surface area contributed by atoms with Crippen LogP contribution in [0.2, 0.25) is 0 Å². The fourth-order valence-electron chi connectivity index (χ4n) is 3.24. The normalized spacial score (nSPS) is 11.3. The molecule has 3 heterocycles. The molecule has 10 heteroatoms. The summed E-state index contributed by atoms with van der Waals surface area (Å²) in [6.07, 6.45) is 1.91. The Morgan fingerprint density at radius 2 is 2.03 bits per heavy atom. The summed E-state index contributed by atoms with van der Waals surface area (Å²) < 4.78 is 35.6. The summed E-state index contributed by atoms with van der Waals surface area (Å²) in [6.45, 7) is 2.91. The van der Waals surface area contributed by atoms with Crippen molar-refractivity contribution in [2.45, 2.75) is 26.4 Å². The number of halogens is 2. The van der Waals surface area contributed by atoms with E-state index < -0.39 is 12.3 Å². The second-order valence-corrected chi connectivity index (χ2v) is 6.75. The van der Waals surface area contributed by atoms with Crippen LogP contribution in [0.5, 0.6) is 5.75 Å². The van der Waals surface area contributed by atoms with Crippen LogP contribution < -0.4 is 10.1 Å². The number of hydrogen-bond donors (Lipinski definition) is 1. The van der Waals surface area contributed by atoms with Crippen molar-refractivity contribution < 1.29 is 18.3 Å². The topological polar surface area (TPSA) is 86.3 Å². The van der Waals surface area contributed by atoms with E-state index in [-0.39, 0.29) is 29.1 Å². The molecule has 3 aromatic heterocycles. The van der Waals surface area contributed by atoms with Gasteiger partial charge in [-0.25, -0.2) is 18.3 Å². The fraction of sp³-hybridized carbons (Fsp3) is 0.238. The number of para-hydroxylation sites is 1. The van der Waals surface area contributed by atoms with E-state index in [0.717, 1.165) is 10.1 Å². The molecule has 1 aromatic carbocycles. The monoisotopic (exact) mass is 426 g/mol. The Kier molecular flexibility index (Phi) is 5.61. The third-order valence-electron chi connectivity index (χ3n) is 4.81. The number of amides is 1. The minimum absolute atomic E-state index is 0.0421. The first-order valence-corrected chi connectivity index (χ1v) is 9.61. The predicted octanol–water partition coefficient (Wildman–Crippen LogP) is 3.49. The van der Waals surface area contributed by atoms with Gasteiger partial charge < -0.3 is 10.1 Å². The standard InChI is InChI=1S/C21H20F2N6O2/c1-3-28-12-13(10-25-28)9-24-21(30)15-11-26-29-17(19(22)23)8-16(27-20(15)29)14-6-4-5-7-18(14)31-2/h4-8,10-12,19H,3,9H2,1-2H3,(H,24,30). The van der Waals surface area contributed by atoms with Gasteiger partial charge in [0.25, 0.3) is 12.3 Å². The zero-order chi connectivity index (χ0) is 22.0. The number of rotatable bonds is 7. The first-order valence-electron chi connectivity index (χ1n) is 9.61. The first kappa shape index (κ1) is 20.5. The maximum Gasteiger partial charge on any atom is 0.280 e. The number of fused-ring (bicyclic) bond motifs is 1. The Hall–Kier alpha value is -3.82. The molecule has 0 fully saturated rings. The van der Waals surface area contributed by atoms with Crippen LogP contribution in [-0.2, 0) is 13.1 Å². The molecule has 0 atom stereocenters. The molecule has 8 nitrogen and oxygen atoms in total. The van der Waals surface area contributed by atoms with Gasteiger partial charge in [-0.2, -0.15) is 10.2 Å². The van der Waals surface area contributed by atoms with Gasteiger partial charge in [0.2, 0.25) is 0 Å². The van der Waals surface area contributed by atoms with E-state index in [4.69, 9.17) is 4.74 Å². The molecule has 0 bridgehead atoms. The quantitative estimate of drug-likeness (QED) is 0.489. The molecule has 1 amide bonds. The van der Waals surface area contributed by atoms with Crippen LogP contribution in [-0.4, -0.2) is 37.4 Å². The number of nitrogens with one attached hydrogen (secondary N) is 1. The molecule has 0 aliphatic rings. The summed E-state index contributed by atoms with van der Waals surface area (Å²) in [5.74, 6) is 0.0159. The molecule has 31 heavy (non-hydrogen) atoms. The number of carbonyl (C=O) groups excluding carboxylic acids is 1. The Morgan fingerprint density at radius 3 is 2.74 bits per heavy atom. The summed E-state index contributed by atoms with van der Waals surface area (Å²) in [6, 6.07) is 8.21. The maximum atomic E-state index is 13.8. The third kappa shape index (κ3) is 3.96. The smallest absolute Gasteiger partial charge is 0.280 e. The largest absolute Gasteiger partial charge is 0.496 e. The Balaban J connectivity index is 1.72. The molecular formula is C21H20F2N6O2. The molecule has 4 aromatic rings. The molecule has 4 rings (SSSR count). The molecular weight excluding hydrogens is 406 g/mol. The van der Waals surface area contributed by atoms with Crippen molar-refractivity contribution in [3.8, 4) is 17.0 Å². The number of hydrogen-bond acceptors (Lipinski definition) is 5. The van der Waals surface area contributed by atoms with Crippen molar-refractivity contribution in [2.24, 2.45) is 0 Å². The van der Waals surface area contributed by atoms with E-state index in [1.807, 2.05) is 13.1 Å². The maximum absolute atomic E-state index is 13.8. The number of alkyl halides is 2. The zero-order valence-corrected chi connectivity index (χ0v) is 16.9. The van der Waals surface area contributed by atoms with Crippen LogP contribution in [0.3, 0.4) is 0 Å². The van der Waals surface area contributed by atoms with Gasteiger partial charge in [0.05, 0.1) is 25.2 Å². The van der Waals surface area contributed by atoms with E-state index >= 15 is 0 Å². The molecule has 0 radical (unpaired) electrons. The highest BCUT2D eigenvalue weighted by atomic mass is 19.3. The van der Waals surface area contributed by atoms with Crippen molar-refractivity contribution >= 4 is 11.6 Å². The molecule has 0 aliphatic carbocycles. The average Bonchev–Trinajstić information content (AvgIpc) is 3.43. The van der Waals surface area contributed by atoms with Crippen LogP contribution >= 0.6 is 0 Å². The van der Waals surface area contributed by atoms with Crippen LogP contribution in [0, 0.1) is 0 Å². The van der Waals surface area contributed by atoms with E-state index in [1.54, 1.807) is 35.1 Å². The van der Waals surface area contributed by atoms with Gasteiger partial charge in [-0.15, -0.1) is 0 Å². The number of ether oxygens (including phenoxy) is 1. The van der Waals surface area contributed by atoms with Crippen LogP contribution in [0.25, 0.3) is 16.9 Å². The Morgan fingerprint density at radius 1 is 1.23 bits per heavy atom. The minimum atomic E-state index is -2.81. The second-order valence-electron chi connectivity index (χ2n) is 6.75. The molecule has 0 aliphatic heterocycles. The van der Waals surface area contributed by atoms with Gasteiger partial charge in [0.15, 0.2) is 5.65 Å². The van der Waals surface area contributed by atoms with E-state index in [1.165, 1.54) is 19.4 Å². The number of methoxy groups -OCH3 is 1. The number of nitrogens with zero attached hydrogens (tertiary/aromatic N) is 5. The van der Waals surface area contributed by atoms with Gasteiger partial charge in [0, 0.05) is 30.4 Å². The molecule has 0 unspecified atom stereocenters. The SMILES string of the molecule is CCn1cc(CNC(=O)c2cnn3c(C(F)F)cc(-c4ccccc4OC)nc23)cn1. The van der Waals surface area contributed by atoms with Gasteiger partial charge in [-0.05, 0) is 25.1 Å². The Bertz CT molecular complexity index is 1230. The lowest BCUT2D eigenvalue weighted by Crippen LogP contribution is -2.22. The van der Waals surface area contributed by atoms with Gasteiger partial charge in [-0.3, -0.25) is 9.48 Å². The summed E-state index contributed by atoms with van der Waals surface area (Å²) in [5.41, 5.74) is 1.40. The number of carbonyl (C=O) groups is 1. The molecule has 160 valence electrons. The van der Waals surface area contributed by atoms with Crippen molar-refractivity contribution in [2.75, 3.05) is 7.11 Å². The van der Waals surface area contributed by atoms with Crippen LogP contribution in [0.15, 0.2) is 48.9 Å². The summed E-state index contributed by atoms with van der Waals surface area (Å²) >= 11 is 0. The van der Waals surface area contributed by atoms with E-state index in [9.17, 15) is 13.6 Å². The highest BCUT2D eigenvalue weighted by Crippen LogP contribution is 2.32.